The van der Waals surface area contributed by atoms with Gasteiger partial charge in [0.25, 0.3) is 5.91 Å². The van der Waals surface area contributed by atoms with Crippen LogP contribution in [0.25, 0.3) is 0 Å². The maximum Gasteiger partial charge on any atom is 0.251 e. The van der Waals surface area contributed by atoms with Crippen molar-refractivity contribution in [2.45, 2.75) is 26.4 Å². The maximum absolute atomic E-state index is 12.1. The lowest BCUT2D eigenvalue weighted by molar-refractivity contribution is -0.144. The monoisotopic (exact) mass is 278 g/mol. The zero-order valence-corrected chi connectivity index (χ0v) is 12.1. The molecule has 0 aliphatic carbocycles. The van der Waals surface area contributed by atoms with Gasteiger partial charge in [-0.2, -0.15) is 4.31 Å². The molecule has 106 valence electrons. The van der Waals surface area contributed by atoms with E-state index in [9.17, 15) is 13.2 Å². The molecule has 1 heterocycles. The topological polar surface area (TPSA) is 66.9 Å². The van der Waals surface area contributed by atoms with Crippen LogP contribution in [0.1, 0.15) is 20.3 Å². The van der Waals surface area contributed by atoms with Gasteiger partial charge in [-0.25, -0.2) is 8.42 Å². The highest BCUT2D eigenvalue weighted by Gasteiger charge is 2.29. The number of piperazine rings is 1. The molecule has 1 rings (SSSR count). The standard InChI is InChI=1S/C11H22N2O4S/c1-4-10(17-5-2)11(14)12-6-8-13(9-7-12)18(3,15)16/h10H,4-9H2,1-3H3/t10-/m0/s1. The van der Waals surface area contributed by atoms with Crippen LogP contribution in [0.2, 0.25) is 0 Å². The summed E-state index contributed by atoms with van der Waals surface area (Å²) < 4.78 is 29.5. The molecule has 6 nitrogen and oxygen atoms in total. The highest BCUT2D eigenvalue weighted by Crippen LogP contribution is 2.10. The number of hydrogen-bond acceptors (Lipinski definition) is 4. The summed E-state index contributed by atoms with van der Waals surface area (Å²) in [6, 6.07) is 0. The van der Waals surface area contributed by atoms with Crippen LogP contribution in [0.15, 0.2) is 0 Å². The van der Waals surface area contributed by atoms with Crippen molar-refractivity contribution in [1.29, 1.82) is 0 Å². The van der Waals surface area contributed by atoms with Gasteiger partial charge in [0.15, 0.2) is 0 Å². The van der Waals surface area contributed by atoms with Crippen molar-refractivity contribution >= 4 is 15.9 Å². The van der Waals surface area contributed by atoms with Gasteiger partial charge in [0.2, 0.25) is 10.0 Å². The van der Waals surface area contributed by atoms with E-state index in [0.29, 0.717) is 39.2 Å². The lowest BCUT2D eigenvalue weighted by Crippen LogP contribution is -2.52. The molecule has 0 N–H and O–H groups in total. The minimum Gasteiger partial charge on any atom is -0.369 e. The summed E-state index contributed by atoms with van der Waals surface area (Å²) in [5.74, 6) is -0.0347. The maximum atomic E-state index is 12.1. The van der Waals surface area contributed by atoms with Gasteiger partial charge in [-0.05, 0) is 13.3 Å². The first-order valence-corrected chi connectivity index (χ1v) is 8.10. The molecule has 0 aromatic rings. The minimum absolute atomic E-state index is 0.0347. The van der Waals surface area contributed by atoms with Crippen LogP contribution in [0.5, 0.6) is 0 Å². The van der Waals surface area contributed by atoms with Crippen molar-refractivity contribution in [2.75, 3.05) is 39.0 Å². The van der Waals surface area contributed by atoms with Crippen LogP contribution in [0.3, 0.4) is 0 Å². The third-order valence-electron chi connectivity index (χ3n) is 3.03. The number of amides is 1. The molecule has 1 fully saturated rings. The lowest BCUT2D eigenvalue weighted by Gasteiger charge is -2.34. The number of carbonyl (C=O) groups is 1. The average Bonchev–Trinajstić information content (AvgIpc) is 2.34. The highest BCUT2D eigenvalue weighted by molar-refractivity contribution is 7.88. The second-order valence-corrected chi connectivity index (χ2v) is 6.32. The summed E-state index contributed by atoms with van der Waals surface area (Å²) in [5, 5.41) is 0. The Morgan fingerprint density at radius 1 is 1.22 bits per heavy atom. The summed E-state index contributed by atoms with van der Waals surface area (Å²) in [7, 11) is -3.15. The van der Waals surface area contributed by atoms with Crippen LogP contribution in [0.4, 0.5) is 0 Å². The van der Waals surface area contributed by atoms with Gasteiger partial charge in [0, 0.05) is 32.8 Å². The Hall–Kier alpha value is -0.660. The first-order valence-electron chi connectivity index (χ1n) is 6.25. The van der Waals surface area contributed by atoms with Gasteiger partial charge >= 0.3 is 0 Å². The Morgan fingerprint density at radius 2 is 1.78 bits per heavy atom. The van der Waals surface area contributed by atoms with Crippen molar-refractivity contribution in [3.63, 3.8) is 0 Å². The predicted molar refractivity (Wildman–Crippen MR) is 68.7 cm³/mol. The molecule has 1 aliphatic rings. The summed E-state index contributed by atoms with van der Waals surface area (Å²) in [5.41, 5.74) is 0. The van der Waals surface area contributed by atoms with Gasteiger partial charge in [-0.1, -0.05) is 6.92 Å². The second-order valence-electron chi connectivity index (χ2n) is 4.34. The van der Waals surface area contributed by atoms with E-state index in [1.807, 2.05) is 13.8 Å². The minimum atomic E-state index is -3.15. The van der Waals surface area contributed by atoms with Crippen molar-refractivity contribution in [1.82, 2.24) is 9.21 Å². The van der Waals surface area contributed by atoms with E-state index in [2.05, 4.69) is 0 Å². The molecule has 0 saturated carbocycles. The highest BCUT2D eigenvalue weighted by atomic mass is 32.2. The van der Waals surface area contributed by atoms with E-state index < -0.39 is 16.1 Å². The predicted octanol–water partition coefficient (Wildman–Crippen LogP) is -0.0947. The van der Waals surface area contributed by atoms with Gasteiger partial charge in [0.1, 0.15) is 6.10 Å². The Kier molecular flexibility index (Phi) is 5.55. The van der Waals surface area contributed by atoms with E-state index in [-0.39, 0.29) is 5.91 Å². The van der Waals surface area contributed by atoms with E-state index in [4.69, 9.17) is 4.74 Å². The molecule has 0 aromatic heterocycles. The molecule has 1 aliphatic heterocycles. The van der Waals surface area contributed by atoms with E-state index >= 15 is 0 Å². The van der Waals surface area contributed by atoms with E-state index in [0.717, 1.165) is 0 Å². The van der Waals surface area contributed by atoms with Crippen molar-refractivity contribution < 1.29 is 17.9 Å². The molecule has 1 saturated heterocycles. The zero-order chi connectivity index (χ0) is 13.8. The second kappa shape index (κ2) is 6.49. The van der Waals surface area contributed by atoms with Crippen LogP contribution in [-0.4, -0.2) is 68.7 Å². The molecule has 1 atom stereocenters. The molecule has 0 bridgehead atoms. The third kappa shape index (κ3) is 3.93. The zero-order valence-electron chi connectivity index (χ0n) is 11.3. The first-order chi connectivity index (χ1) is 8.40. The van der Waals surface area contributed by atoms with Crippen molar-refractivity contribution in [2.24, 2.45) is 0 Å². The average molecular weight is 278 g/mol. The van der Waals surface area contributed by atoms with Crippen molar-refractivity contribution in [3.05, 3.63) is 0 Å². The number of carbonyl (C=O) groups excluding carboxylic acids is 1. The molecular weight excluding hydrogens is 256 g/mol. The molecule has 0 spiro atoms. The van der Waals surface area contributed by atoms with E-state index in [1.165, 1.54) is 10.6 Å². The summed E-state index contributed by atoms with van der Waals surface area (Å²) >= 11 is 0. The van der Waals surface area contributed by atoms with Gasteiger partial charge in [-0.15, -0.1) is 0 Å². The third-order valence-corrected chi connectivity index (χ3v) is 4.34. The number of nitrogens with zero attached hydrogens (tertiary/aromatic N) is 2. The smallest absolute Gasteiger partial charge is 0.251 e. The molecule has 0 unspecified atom stereocenters. The number of hydrogen-bond donors (Lipinski definition) is 0. The Balaban J connectivity index is 2.54. The summed E-state index contributed by atoms with van der Waals surface area (Å²) in [4.78, 5) is 13.8. The molecular formula is C11H22N2O4S. The molecule has 0 aromatic carbocycles. The lowest BCUT2D eigenvalue weighted by atomic mass is 10.2. The molecule has 0 radical (unpaired) electrons. The van der Waals surface area contributed by atoms with Gasteiger partial charge in [-0.3, -0.25) is 4.79 Å². The first kappa shape index (κ1) is 15.4. The fourth-order valence-electron chi connectivity index (χ4n) is 2.01. The largest absolute Gasteiger partial charge is 0.369 e. The Labute approximate surface area is 109 Å². The Morgan fingerprint density at radius 3 is 2.17 bits per heavy atom. The quantitative estimate of drug-likeness (QED) is 0.704. The molecule has 7 heteroatoms. The van der Waals surface area contributed by atoms with Crippen LogP contribution in [0, 0.1) is 0 Å². The molecule has 1 amide bonds. The number of sulfonamides is 1. The fourth-order valence-corrected chi connectivity index (χ4v) is 2.84. The normalized spacial score (nSPS) is 19.8. The van der Waals surface area contributed by atoms with Crippen molar-refractivity contribution in [3.8, 4) is 0 Å². The van der Waals surface area contributed by atoms with Crippen LogP contribution >= 0.6 is 0 Å². The fraction of sp³-hybridized carbons (Fsp3) is 0.909. The molecule has 18 heavy (non-hydrogen) atoms. The SMILES string of the molecule is CCO[C@@H](CC)C(=O)N1CCN(S(C)(=O)=O)CC1. The number of rotatable bonds is 5. The van der Waals surface area contributed by atoms with Gasteiger partial charge in [0.05, 0.1) is 6.26 Å². The van der Waals surface area contributed by atoms with Crippen LogP contribution < -0.4 is 0 Å². The summed E-state index contributed by atoms with van der Waals surface area (Å²) in [6.07, 6.45) is 1.43. The number of ether oxygens (including phenoxy) is 1. The summed E-state index contributed by atoms with van der Waals surface area (Å²) in [6.45, 7) is 5.89. The van der Waals surface area contributed by atoms with Gasteiger partial charge < -0.3 is 9.64 Å². The van der Waals surface area contributed by atoms with Crippen LogP contribution in [-0.2, 0) is 19.6 Å². The van der Waals surface area contributed by atoms with E-state index in [1.54, 1.807) is 4.90 Å². The Bertz CT molecular complexity index is 375.